The van der Waals surface area contributed by atoms with E-state index in [0.29, 0.717) is 17.1 Å². The quantitative estimate of drug-likeness (QED) is 0.816. The third-order valence-corrected chi connectivity index (χ3v) is 3.10. The van der Waals surface area contributed by atoms with Crippen molar-refractivity contribution in [2.75, 3.05) is 21.3 Å². The second-order valence-corrected chi connectivity index (χ2v) is 4.73. The van der Waals surface area contributed by atoms with E-state index in [1.165, 1.54) is 6.08 Å². The maximum Gasteiger partial charge on any atom is 0.335 e. The Morgan fingerprint density at radius 3 is 2.12 bits per heavy atom. The Kier molecular flexibility index (Phi) is 8.29. The first-order valence-corrected chi connectivity index (χ1v) is 7.42. The van der Waals surface area contributed by atoms with Crippen molar-refractivity contribution in [1.29, 1.82) is 0 Å². The minimum atomic E-state index is -0.879. The van der Waals surface area contributed by atoms with Crippen LogP contribution in [0.5, 0.6) is 11.5 Å². The minimum Gasteiger partial charge on any atom is -0.493 e. The molecule has 0 radical (unpaired) electrons. The summed E-state index contributed by atoms with van der Waals surface area (Å²) in [6, 6.07) is 13.7. The highest BCUT2D eigenvalue weighted by Gasteiger charge is 2.02. The van der Waals surface area contributed by atoms with Crippen LogP contribution in [0.1, 0.15) is 15.9 Å². The van der Waals surface area contributed by atoms with Crippen molar-refractivity contribution >= 4 is 18.0 Å². The fourth-order valence-electron chi connectivity index (χ4n) is 1.79. The van der Waals surface area contributed by atoms with Gasteiger partial charge < -0.3 is 19.9 Å². The number of carbonyl (C=O) groups is 2. The Bertz CT molecular complexity index is 726. The molecule has 0 aliphatic carbocycles. The summed E-state index contributed by atoms with van der Waals surface area (Å²) in [5, 5.41) is 10.9. The van der Waals surface area contributed by atoms with Crippen LogP contribution < -0.4 is 14.8 Å². The number of methoxy groups -OCH3 is 2. The molecule has 0 unspecified atom stereocenters. The van der Waals surface area contributed by atoms with Gasteiger partial charge in [0.25, 0.3) is 0 Å². The van der Waals surface area contributed by atoms with E-state index in [9.17, 15) is 9.59 Å². The molecule has 1 amide bonds. The van der Waals surface area contributed by atoms with Crippen molar-refractivity contribution in [3.8, 4) is 11.5 Å². The number of hydrogen-bond acceptors (Lipinski definition) is 4. The van der Waals surface area contributed by atoms with Gasteiger partial charge in [-0.3, -0.25) is 4.79 Å². The number of ether oxygens (including phenoxy) is 2. The molecule has 6 heteroatoms. The number of carbonyl (C=O) groups excluding carboxylic acids is 1. The first-order valence-electron chi connectivity index (χ1n) is 7.42. The fourth-order valence-corrected chi connectivity index (χ4v) is 1.79. The highest BCUT2D eigenvalue weighted by Crippen LogP contribution is 2.27. The Labute approximate surface area is 146 Å². The molecule has 0 spiro atoms. The molecule has 0 heterocycles. The zero-order valence-corrected chi connectivity index (χ0v) is 14.4. The van der Waals surface area contributed by atoms with E-state index in [0.717, 1.165) is 5.56 Å². The molecule has 0 fully saturated rings. The highest BCUT2D eigenvalue weighted by molar-refractivity contribution is 5.91. The van der Waals surface area contributed by atoms with Gasteiger partial charge in [0.2, 0.25) is 5.91 Å². The Balaban J connectivity index is 0.000000293. The lowest BCUT2D eigenvalue weighted by Crippen LogP contribution is -2.13. The molecule has 2 N–H and O–H groups in total. The van der Waals surface area contributed by atoms with Crippen molar-refractivity contribution < 1.29 is 24.2 Å². The number of carboxylic acids is 1. The van der Waals surface area contributed by atoms with Crippen molar-refractivity contribution in [3.05, 3.63) is 65.7 Å². The Hall–Kier alpha value is -3.28. The summed E-state index contributed by atoms with van der Waals surface area (Å²) < 4.78 is 10.3. The van der Waals surface area contributed by atoms with Crippen molar-refractivity contribution in [2.45, 2.75) is 0 Å². The van der Waals surface area contributed by atoms with Crippen LogP contribution in [0, 0.1) is 0 Å². The summed E-state index contributed by atoms with van der Waals surface area (Å²) in [4.78, 5) is 21.2. The molecule has 0 aliphatic heterocycles. The molecular weight excluding hydrogens is 322 g/mol. The molecular formula is C19H21NO5. The van der Waals surface area contributed by atoms with Gasteiger partial charge in [-0.25, -0.2) is 4.79 Å². The average molecular weight is 343 g/mol. The number of hydrogen-bond donors (Lipinski definition) is 2. The highest BCUT2D eigenvalue weighted by atomic mass is 16.5. The number of rotatable bonds is 5. The Morgan fingerprint density at radius 2 is 1.64 bits per heavy atom. The van der Waals surface area contributed by atoms with Gasteiger partial charge in [0.05, 0.1) is 19.8 Å². The van der Waals surface area contributed by atoms with E-state index in [4.69, 9.17) is 14.6 Å². The first-order chi connectivity index (χ1) is 12.0. The summed E-state index contributed by atoms with van der Waals surface area (Å²) >= 11 is 0. The maximum absolute atomic E-state index is 11.0. The van der Waals surface area contributed by atoms with Gasteiger partial charge in [0, 0.05) is 13.1 Å². The molecule has 2 aromatic carbocycles. The van der Waals surface area contributed by atoms with E-state index in [2.05, 4.69) is 5.32 Å². The number of amides is 1. The average Bonchev–Trinajstić information content (AvgIpc) is 2.66. The predicted octanol–water partition coefficient (Wildman–Crippen LogP) is 2.85. The SMILES string of the molecule is CNC(=O)/C=C/c1ccc(OC)c(OC)c1.O=C(O)c1ccccc1. The summed E-state index contributed by atoms with van der Waals surface area (Å²) in [6.45, 7) is 0. The standard InChI is InChI=1S/C12H15NO3.C7H6O2/c1-13-12(14)7-5-9-4-6-10(15-2)11(8-9)16-3;8-7(9)6-4-2-1-3-5-6/h4-8H,1-3H3,(H,13,14);1-5H,(H,8,9)/b7-5+;. The van der Waals surface area contributed by atoms with Crippen molar-refractivity contribution in [3.63, 3.8) is 0 Å². The van der Waals surface area contributed by atoms with Crippen LogP contribution in [-0.2, 0) is 4.79 Å². The lowest BCUT2D eigenvalue weighted by molar-refractivity contribution is -0.115. The van der Waals surface area contributed by atoms with E-state index in [1.54, 1.807) is 69.8 Å². The zero-order valence-electron chi connectivity index (χ0n) is 14.4. The van der Waals surface area contributed by atoms with Crippen LogP contribution in [0.3, 0.4) is 0 Å². The molecule has 0 saturated heterocycles. The minimum absolute atomic E-state index is 0.144. The Morgan fingerprint density at radius 1 is 1.00 bits per heavy atom. The summed E-state index contributed by atoms with van der Waals surface area (Å²) in [6.07, 6.45) is 3.17. The fraction of sp³-hybridized carbons (Fsp3) is 0.158. The molecule has 132 valence electrons. The number of carboxylic acid groups (broad SMARTS) is 1. The van der Waals surface area contributed by atoms with Gasteiger partial charge >= 0.3 is 5.97 Å². The van der Waals surface area contributed by atoms with Gasteiger partial charge in [-0.05, 0) is 35.9 Å². The number of aromatic carboxylic acids is 1. The van der Waals surface area contributed by atoms with Gasteiger partial charge in [0.15, 0.2) is 11.5 Å². The smallest absolute Gasteiger partial charge is 0.335 e. The van der Waals surface area contributed by atoms with E-state index < -0.39 is 5.97 Å². The largest absolute Gasteiger partial charge is 0.493 e. The molecule has 2 aromatic rings. The second-order valence-electron chi connectivity index (χ2n) is 4.73. The third kappa shape index (κ3) is 6.78. The number of nitrogens with one attached hydrogen (secondary N) is 1. The molecule has 2 rings (SSSR count). The summed E-state index contributed by atoms with van der Waals surface area (Å²) in [7, 11) is 4.74. The van der Waals surface area contributed by atoms with E-state index in [1.807, 2.05) is 6.07 Å². The molecule has 0 bridgehead atoms. The van der Waals surface area contributed by atoms with E-state index in [-0.39, 0.29) is 5.91 Å². The van der Waals surface area contributed by atoms with Gasteiger partial charge in [-0.15, -0.1) is 0 Å². The lowest BCUT2D eigenvalue weighted by atomic mass is 10.2. The van der Waals surface area contributed by atoms with Crippen molar-refractivity contribution in [2.24, 2.45) is 0 Å². The van der Waals surface area contributed by atoms with E-state index >= 15 is 0 Å². The van der Waals surface area contributed by atoms with Crippen LogP contribution in [0.2, 0.25) is 0 Å². The molecule has 6 nitrogen and oxygen atoms in total. The van der Waals surface area contributed by atoms with Crippen LogP contribution in [0.4, 0.5) is 0 Å². The predicted molar refractivity (Wildman–Crippen MR) is 96.0 cm³/mol. The van der Waals surface area contributed by atoms with Gasteiger partial charge in [-0.2, -0.15) is 0 Å². The third-order valence-electron chi connectivity index (χ3n) is 3.10. The van der Waals surface area contributed by atoms with Gasteiger partial charge in [-0.1, -0.05) is 24.3 Å². The first kappa shape index (κ1) is 19.8. The second kappa shape index (κ2) is 10.5. The van der Waals surface area contributed by atoms with Gasteiger partial charge in [0.1, 0.15) is 0 Å². The zero-order chi connectivity index (χ0) is 18.7. The monoisotopic (exact) mass is 343 g/mol. The van der Waals surface area contributed by atoms with Crippen LogP contribution in [-0.4, -0.2) is 38.3 Å². The normalized spacial score (nSPS) is 9.72. The van der Waals surface area contributed by atoms with Crippen molar-refractivity contribution in [1.82, 2.24) is 5.32 Å². The number of benzene rings is 2. The number of likely N-dealkylation sites (N-methyl/N-ethyl adjacent to an activating group) is 1. The van der Waals surface area contributed by atoms with Crippen LogP contribution >= 0.6 is 0 Å². The molecule has 0 atom stereocenters. The molecule has 0 aromatic heterocycles. The summed E-state index contributed by atoms with van der Waals surface area (Å²) in [5.41, 5.74) is 1.21. The molecule has 0 saturated carbocycles. The summed E-state index contributed by atoms with van der Waals surface area (Å²) in [5.74, 6) is 0.284. The topological polar surface area (TPSA) is 84.9 Å². The lowest BCUT2D eigenvalue weighted by Gasteiger charge is -2.07. The maximum atomic E-state index is 11.0. The van der Waals surface area contributed by atoms with Crippen LogP contribution in [0.25, 0.3) is 6.08 Å². The molecule has 0 aliphatic rings. The molecule has 25 heavy (non-hydrogen) atoms. The van der Waals surface area contributed by atoms with Crippen LogP contribution in [0.15, 0.2) is 54.6 Å².